The van der Waals surface area contributed by atoms with Gasteiger partial charge in [-0.25, -0.2) is 0 Å². The Morgan fingerprint density at radius 3 is 2.44 bits per heavy atom. The van der Waals surface area contributed by atoms with Crippen LogP contribution in [0.15, 0.2) is 40.9 Å². The Morgan fingerprint density at radius 1 is 1.17 bits per heavy atom. The van der Waals surface area contributed by atoms with Gasteiger partial charge < -0.3 is 5.11 Å². The molecule has 0 radical (unpaired) electrons. The monoisotopic (exact) mass is 324 g/mol. The van der Waals surface area contributed by atoms with Crippen LogP contribution in [-0.2, 0) is 5.41 Å². The minimum absolute atomic E-state index is 0.139. The summed E-state index contributed by atoms with van der Waals surface area (Å²) in [4.78, 5) is 2.30. The van der Waals surface area contributed by atoms with E-state index < -0.39 is 6.10 Å². The van der Waals surface area contributed by atoms with Gasteiger partial charge in [0.25, 0.3) is 0 Å². The van der Waals surface area contributed by atoms with Crippen LogP contribution >= 0.6 is 27.3 Å². The number of aliphatic hydroxyl groups excluding tert-OH is 1. The fraction of sp³-hybridized carbons (Fsp3) is 0.333. The van der Waals surface area contributed by atoms with Gasteiger partial charge in [0.05, 0.1) is 0 Å². The van der Waals surface area contributed by atoms with Crippen LogP contribution in [0, 0.1) is 0 Å². The molecule has 0 aliphatic rings. The molecule has 0 aliphatic carbocycles. The summed E-state index contributed by atoms with van der Waals surface area (Å²) in [5.74, 6) is 0. The van der Waals surface area contributed by atoms with Crippen LogP contribution in [0.5, 0.6) is 0 Å². The third-order valence-electron chi connectivity index (χ3n) is 2.80. The Morgan fingerprint density at radius 2 is 1.89 bits per heavy atom. The second kappa shape index (κ2) is 5.16. The highest BCUT2D eigenvalue weighted by molar-refractivity contribution is 9.10. The van der Waals surface area contributed by atoms with Crippen LogP contribution in [0.2, 0.25) is 0 Å². The van der Waals surface area contributed by atoms with Crippen molar-refractivity contribution in [3.8, 4) is 0 Å². The molecule has 0 amide bonds. The summed E-state index contributed by atoms with van der Waals surface area (Å²) >= 11 is 5.12. The number of thiophene rings is 1. The van der Waals surface area contributed by atoms with Gasteiger partial charge in [-0.15, -0.1) is 11.3 Å². The Hall–Kier alpha value is -0.640. The summed E-state index contributed by atoms with van der Waals surface area (Å²) in [6.45, 7) is 6.57. The third-order valence-corrected chi connectivity index (χ3v) is 4.86. The molecule has 1 aromatic heterocycles. The van der Waals surface area contributed by atoms with Gasteiger partial charge in [-0.2, -0.15) is 0 Å². The molecule has 1 N–H and O–H groups in total. The lowest BCUT2D eigenvalue weighted by atomic mass is 9.95. The zero-order valence-corrected chi connectivity index (χ0v) is 13.2. The second-order valence-electron chi connectivity index (χ2n) is 5.41. The summed E-state index contributed by atoms with van der Waals surface area (Å²) in [6, 6.07) is 12.0. The van der Waals surface area contributed by atoms with Crippen molar-refractivity contribution in [1.29, 1.82) is 0 Å². The smallest absolute Gasteiger partial charge is 0.113 e. The van der Waals surface area contributed by atoms with Crippen LogP contribution < -0.4 is 0 Å². The predicted molar refractivity (Wildman–Crippen MR) is 81.2 cm³/mol. The molecule has 0 bridgehead atoms. The highest BCUT2D eigenvalue weighted by Gasteiger charge is 2.19. The van der Waals surface area contributed by atoms with Gasteiger partial charge in [0, 0.05) is 14.2 Å². The lowest BCUT2D eigenvalue weighted by Gasteiger charge is -2.15. The third kappa shape index (κ3) is 3.02. The number of hydrogen-bond acceptors (Lipinski definition) is 2. The quantitative estimate of drug-likeness (QED) is 0.833. The summed E-state index contributed by atoms with van der Waals surface area (Å²) < 4.78 is 0.992. The summed E-state index contributed by atoms with van der Waals surface area (Å²) in [6.07, 6.45) is -0.538. The van der Waals surface area contributed by atoms with Crippen molar-refractivity contribution in [2.75, 3.05) is 0 Å². The molecular weight excluding hydrogens is 308 g/mol. The van der Waals surface area contributed by atoms with E-state index in [2.05, 4.69) is 42.8 Å². The fourth-order valence-electron chi connectivity index (χ4n) is 1.74. The largest absolute Gasteiger partial charge is 0.383 e. The van der Waals surface area contributed by atoms with E-state index in [1.165, 1.54) is 4.88 Å². The molecule has 1 aromatic carbocycles. The molecule has 3 heteroatoms. The molecule has 96 valence electrons. The van der Waals surface area contributed by atoms with Crippen molar-refractivity contribution in [3.05, 3.63) is 56.2 Å². The van der Waals surface area contributed by atoms with E-state index in [4.69, 9.17) is 0 Å². The molecule has 0 saturated heterocycles. The number of halogens is 1. The molecule has 2 aromatic rings. The summed E-state index contributed by atoms with van der Waals surface area (Å²) in [5, 5.41) is 10.4. The van der Waals surface area contributed by atoms with Crippen LogP contribution in [0.4, 0.5) is 0 Å². The maximum atomic E-state index is 10.4. The molecule has 0 saturated carbocycles. The van der Waals surface area contributed by atoms with E-state index >= 15 is 0 Å². The average molecular weight is 325 g/mol. The van der Waals surface area contributed by atoms with Gasteiger partial charge in [-0.1, -0.05) is 48.8 Å². The van der Waals surface area contributed by atoms with Crippen molar-refractivity contribution in [2.24, 2.45) is 0 Å². The normalized spacial score (nSPS) is 13.6. The van der Waals surface area contributed by atoms with E-state index in [9.17, 15) is 5.11 Å². The first kappa shape index (κ1) is 13.8. The second-order valence-corrected chi connectivity index (χ2v) is 7.44. The van der Waals surface area contributed by atoms with Gasteiger partial charge in [0.15, 0.2) is 0 Å². The van der Waals surface area contributed by atoms with Gasteiger partial charge in [0.1, 0.15) is 6.10 Å². The van der Waals surface area contributed by atoms with Crippen LogP contribution in [0.25, 0.3) is 0 Å². The zero-order valence-electron chi connectivity index (χ0n) is 10.8. The Bertz CT molecular complexity index is 539. The molecule has 18 heavy (non-hydrogen) atoms. The molecule has 1 unspecified atom stereocenters. The lowest BCUT2D eigenvalue weighted by molar-refractivity contribution is 0.224. The van der Waals surface area contributed by atoms with Crippen LogP contribution in [-0.4, -0.2) is 5.11 Å². The number of benzene rings is 1. The van der Waals surface area contributed by atoms with E-state index in [-0.39, 0.29) is 5.41 Å². The van der Waals surface area contributed by atoms with Gasteiger partial charge in [-0.3, -0.25) is 0 Å². The SMILES string of the molecule is CC(C)(C)c1ccc(C(O)c2cccc(Br)c2)s1. The number of aliphatic hydroxyl groups is 1. The molecular formula is C15H17BrOS. The van der Waals surface area contributed by atoms with Crippen molar-refractivity contribution >= 4 is 27.3 Å². The minimum atomic E-state index is -0.538. The van der Waals surface area contributed by atoms with E-state index in [0.717, 1.165) is 14.9 Å². The van der Waals surface area contributed by atoms with E-state index in [1.807, 2.05) is 30.3 Å². The first-order valence-electron chi connectivity index (χ1n) is 5.91. The van der Waals surface area contributed by atoms with Crippen molar-refractivity contribution in [1.82, 2.24) is 0 Å². The van der Waals surface area contributed by atoms with Gasteiger partial charge in [-0.05, 0) is 35.2 Å². The lowest BCUT2D eigenvalue weighted by Crippen LogP contribution is -2.07. The first-order valence-corrected chi connectivity index (χ1v) is 7.52. The first-order chi connectivity index (χ1) is 8.38. The highest BCUT2D eigenvalue weighted by atomic mass is 79.9. The predicted octanol–water partition coefficient (Wildman–Crippen LogP) is 4.89. The zero-order chi connectivity index (χ0) is 13.3. The van der Waals surface area contributed by atoms with Crippen molar-refractivity contribution in [2.45, 2.75) is 32.3 Å². The Labute approximate surface area is 121 Å². The van der Waals surface area contributed by atoms with Crippen molar-refractivity contribution < 1.29 is 5.11 Å². The Kier molecular flexibility index (Phi) is 3.95. The van der Waals surface area contributed by atoms with Gasteiger partial charge in [0.2, 0.25) is 0 Å². The summed E-state index contributed by atoms with van der Waals surface area (Å²) in [7, 11) is 0. The van der Waals surface area contributed by atoms with E-state index in [1.54, 1.807) is 11.3 Å². The molecule has 1 heterocycles. The van der Waals surface area contributed by atoms with Crippen molar-refractivity contribution in [3.63, 3.8) is 0 Å². The molecule has 0 aliphatic heterocycles. The minimum Gasteiger partial charge on any atom is -0.383 e. The maximum absolute atomic E-state index is 10.4. The fourth-order valence-corrected chi connectivity index (χ4v) is 3.24. The standard InChI is InChI=1S/C15H17BrOS/c1-15(2,3)13-8-7-12(18-13)14(17)10-5-4-6-11(16)9-10/h4-9,14,17H,1-3H3. The van der Waals surface area contributed by atoms with Crippen LogP contribution in [0.1, 0.15) is 42.2 Å². The molecule has 0 fully saturated rings. The number of rotatable bonds is 2. The van der Waals surface area contributed by atoms with Crippen LogP contribution in [0.3, 0.4) is 0 Å². The maximum Gasteiger partial charge on any atom is 0.113 e. The molecule has 0 spiro atoms. The molecule has 1 nitrogen and oxygen atoms in total. The van der Waals surface area contributed by atoms with E-state index in [0.29, 0.717) is 0 Å². The number of hydrogen-bond donors (Lipinski definition) is 1. The average Bonchev–Trinajstić information content (AvgIpc) is 2.77. The molecule has 1 atom stereocenters. The molecule has 2 rings (SSSR count). The highest BCUT2D eigenvalue weighted by Crippen LogP contribution is 2.34. The summed E-state index contributed by atoms with van der Waals surface area (Å²) in [5.41, 5.74) is 1.06. The van der Waals surface area contributed by atoms with Gasteiger partial charge >= 0.3 is 0 Å². The Balaban J connectivity index is 2.29. The topological polar surface area (TPSA) is 20.2 Å².